The summed E-state index contributed by atoms with van der Waals surface area (Å²) in [4.78, 5) is 40.6. The van der Waals surface area contributed by atoms with Gasteiger partial charge in [-0.15, -0.1) is 0 Å². The normalized spacial score (nSPS) is 28.0. The van der Waals surface area contributed by atoms with Gasteiger partial charge in [-0.2, -0.15) is 0 Å². The lowest BCUT2D eigenvalue weighted by molar-refractivity contribution is -0.227. The van der Waals surface area contributed by atoms with Crippen molar-refractivity contribution in [2.75, 3.05) is 0 Å². The number of fused-ring (bicyclic) bond motifs is 2. The van der Waals surface area contributed by atoms with E-state index in [1.165, 1.54) is 0 Å². The monoisotopic (exact) mass is 628 g/mol. The van der Waals surface area contributed by atoms with E-state index in [2.05, 4.69) is 6.07 Å². The van der Waals surface area contributed by atoms with Crippen LogP contribution in [0.3, 0.4) is 0 Å². The van der Waals surface area contributed by atoms with Gasteiger partial charge in [0.1, 0.15) is 12.2 Å². The molecule has 2 N–H and O–H groups in total. The summed E-state index contributed by atoms with van der Waals surface area (Å²) in [6.07, 6.45) is 4.99. The van der Waals surface area contributed by atoms with Gasteiger partial charge in [0.15, 0.2) is 0 Å². The fraction of sp³-hybridized carbons (Fsp3) is 0.564. The lowest BCUT2D eigenvalue weighted by atomic mass is 9.52. The van der Waals surface area contributed by atoms with E-state index in [0.29, 0.717) is 24.7 Å². The minimum Gasteiger partial charge on any atom is -0.481 e. The molecule has 4 aliphatic carbocycles. The largest absolute Gasteiger partial charge is 0.481 e. The van der Waals surface area contributed by atoms with E-state index >= 15 is 0 Å². The van der Waals surface area contributed by atoms with Crippen LogP contribution < -0.4 is 0 Å². The molecule has 4 fully saturated rings. The van der Waals surface area contributed by atoms with Gasteiger partial charge in [-0.05, 0) is 119 Å². The molecule has 0 aromatic heterocycles. The third kappa shape index (κ3) is 5.92. The smallest absolute Gasteiger partial charge is 0.312 e. The number of rotatable bonds is 11. The molecule has 0 heterocycles. The molecule has 246 valence electrons. The van der Waals surface area contributed by atoms with Gasteiger partial charge < -0.3 is 19.7 Å². The zero-order chi connectivity index (χ0) is 33.1. The Morgan fingerprint density at radius 3 is 1.91 bits per heavy atom. The standard InChI is InChI=1S/C39H48O7/c1-6-36(4,34(43)46-39-19-25-15-26(20-39)18-38(44,17-25)24-39)23-37(5,32(40)41)22-35(2,3)33(42)45-21-31-29-13-9-7-11-27(29)16-28-12-8-10-14-30(28)31/h7-14,16,25-26,44H,6,15,17-24H2,1-5H3,(H,40,41). The highest BCUT2D eigenvalue weighted by Gasteiger charge is 2.60. The predicted octanol–water partition coefficient (Wildman–Crippen LogP) is 7.98. The molecule has 7 heteroatoms. The molecule has 0 radical (unpaired) electrons. The van der Waals surface area contributed by atoms with Crippen molar-refractivity contribution in [3.05, 3.63) is 60.2 Å². The SMILES string of the molecule is CCC(C)(CC(C)(CC(C)(C)C(=O)OCc1c2ccccc2cc2ccccc12)C(=O)O)C(=O)OC12CC3CC(CC(O)(C3)C1)C2. The van der Waals surface area contributed by atoms with Crippen molar-refractivity contribution in [3.63, 3.8) is 0 Å². The molecule has 0 amide bonds. The first kappa shape index (κ1) is 32.5. The van der Waals surface area contributed by atoms with E-state index in [4.69, 9.17) is 9.47 Å². The Kier molecular flexibility index (Phi) is 8.02. The van der Waals surface area contributed by atoms with E-state index in [1.54, 1.807) is 27.7 Å². The average molecular weight is 629 g/mol. The number of carboxylic acid groups (broad SMARTS) is 1. The number of carboxylic acids is 1. The fourth-order valence-electron chi connectivity index (χ4n) is 9.63. The molecule has 3 aromatic carbocycles. The van der Waals surface area contributed by atoms with Crippen LogP contribution >= 0.6 is 0 Å². The second-order valence-corrected chi connectivity index (χ2v) is 16.1. The van der Waals surface area contributed by atoms with Crippen LogP contribution in [0.15, 0.2) is 54.6 Å². The van der Waals surface area contributed by atoms with Gasteiger partial charge >= 0.3 is 17.9 Å². The lowest BCUT2D eigenvalue weighted by Crippen LogP contribution is -2.61. The van der Waals surface area contributed by atoms with Crippen molar-refractivity contribution < 1.29 is 34.1 Å². The van der Waals surface area contributed by atoms with Crippen molar-refractivity contribution in [2.24, 2.45) is 28.1 Å². The molecule has 4 atom stereocenters. The van der Waals surface area contributed by atoms with Gasteiger partial charge in [0.25, 0.3) is 0 Å². The molecule has 4 saturated carbocycles. The molecule has 7 nitrogen and oxygen atoms in total. The molecular formula is C39H48O7. The average Bonchev–Trinajstić information content (AvgIpc) is 2.97. The number of hydrogen-bond donors (Lipinski definition) is 2. The minimum absolute atomic E-state index is 0.0115. The van der Waals surface area contributed by atoms with Crippen LogP contribution in [-0.2, 0) is 30.5 Å². The summed E-state index contributed by atoms with van der Waals surface area (Å²) in [5.74, 6) is -1.24. The van der Waals surface area contributed by atoms with Crippen molar-refractivity contribution >= 4 is 39.5 Å². The molecule has 0 saturated heterocycles. The number of aliphatic carboxylic acids is 1. The Morgan fingerprint density at radius 1 is 0.826 bits per heavy atom. The van der Waals surface area contributed by atoms with Crippen LogP contribution in [0.2, 0.25) is 0 Å². The summed E-state index contributed by atoms with van der Waals surface area (Å²) in [6, 6.07) is 18.1. The highest BCUT2D eigenvalue weighted by atomic mass is 16.6. The highest BCUT2D eigenvalue weighted by Crippen LogP contribution is 2.59. The van der Waals surface area contributed by atoms with Crippen LogP contribution in [0.4, 0.5) is 0 Å². The summed E-state index contributed by atoms with van der Waals surface area (Å²) in [5.41, 5.74) is -4.17. The van der Waals surface area contributed by atoms with Gasteiger partial charge in [0.2, 0.25) is 0 Å². The van der Waals surface area contributed by atoms with Crippen LogP contribution in [0, 0.1) is 28.1 Å². The summed E-state index contributed by atoms with van der Waals surface area (Å²) in [7, 11) is 0. The summed E-state index contributed by atoms with van der Waals surface area (Å²) >= 11 is 0. The van der Waals surface area contributed by atoms with E-state index in [-0.39, 0.29) is 19.4 Å². The molecular weight excluding hydrogens is 580 g/mol. The lowest BCUT2D eigenvalue weighted by Gasteiger charge is -2.59. The van der Waals surface area contributed by atoms with E-state index in [1.807, 2.05) is 55.5 Å². The third-order valence-corrected chi connectivity index (χ3v) is 11.5. The number of carbonyl (C=O) groups excluding carboxylic acids is 2. The Morgan fingerprint density at radius 2 is 1.39 bits per heavy atom. The van der Waals surface area contributed by atoms with Crippen LogP contribution in [0.5, 0.6) is 0 Å². The van der Waals surface area contributed by atoms with Crippen LogP contribution in [-0.4, -0.2) is 39.3 Å². The van der Waals surface area contributed by atoms with Crippen molar-refractivity contribution in [2.45, 2.75) is 110 Å². The van der Waals surface area contributed by atoms with Crippen LogP contribution in [0.1, 0.15) is 98.0 Å². The molecule has 0 spiro atoms. The summed E-state index contributed by atoms with van der Waals surface area (Å²) < 4.78 is 12.3. The van der Waals surface area contributed by atoms with Crippen molar-refractivity contribution in [1.82, 2.24) is 0 Å². The number of esters is 2. The number of hydrogen-bond acceptors (Lipinski definition) is 6. The molecule has 7 rings (SSSR count). The molecule has 4 unspecified atom stereocenters. The summed E-state index contributed by atoms with van der Waals surface area (Å²) in [5, 5.41) is 25.9. The van der Waals surface area contributed by atoms with Gasteiger partial charge in [0.05, 0.1) is 21.8 Å². The molecule has 46 heavy (non-hydrogen) atoms. The van der Waals surface area contributed by atoms with Gasteiger partial charge in [-0.3, -0.25) is 14.4 Å². The number of ether oxygens (including phenoxy) is 2. The molecule has 0 aliphatic heterocycles. The topological polar surface area (TPSA) is 110 Å². The van der Waals surface area contributed by atoms with Gasteiger partial charge in [-0.25, -0.2) is 0 Å². The van der Waals surface area contributed by atoms with Gasteiger partial charge in [0, 0.05) is 12.0 Å². The Balaban J connectivity index is 1.18. The quantitative estimate of drug-likeness (QED) is 0.164. The number of benzene rings is 3. The van der Waals surface area contributed by atoms with Gasteiger partial charge in [-0.1, -0.05) is 55.5 Å². The van der Waals surface area contributed by atoms with Crippen LogP contribution in [0.25, 0.3) is 21.5 Å². The first-order valence-electron chi connectivity index (χ1n) is 16.8. The van der Waals surface area contributed by atoms with E-state index in [0.717, 1.165) is 59.2 Å². The molecule has 4 aliphatic rings. The Bertz CT molecular complexity index is 1620. The Labute approximate surface area is 271 Å². The number of aliphatic hydroxyl groups is 1. The minimum atomic E-state index is -1.40. The fourth-order valence-corrected chi connectivity index (χ4v) is 9.63. The maximum absolute atomic E-state index is 14.0. The zero-order valence-electron chi connectivity index (χ0n) is 27.9. The van der Waals surface area contributed by atoms with E-state index in [9.17, 15) is 24.6 Å². The van der Waals surface area contributed by atoms with E-state index < -0.39 is 45.4 Å². The first-order valence-corrected chi connectivity index (χ1v) is 16.8. The highest BCUT2D eigenvalue weighted by molar-refractivity contribution is 6.02. The Hall–Kier alpha value is -3.45. The van der Waals surface area contributed by atoms with Crippen molar-refractivity contribution in [3.8, 4) is 0 Å². The summed E-state index contributed by atoms with van der Waals surface area (Å²) in [6.45, 7) is 8.78. The predicted molar refractivity (Wildman–Crippen MR) is 177 cm³/mol. The molecule has 4 bridgehead atoms. The zero-order valence-corrected chi connectivity index (χ0v) is 27.9. The second kappa shape index (κ2) is 11.4. The maximum atomic E-state index is 14.0. The van der Waals surface area contributed by atoms with Crippen molar-refractivity contribution in [1.29, 1.82) is 0 Å². The second-order valence-electron chi connectivity index (χ2n) is 16.1. The number of carbonyl (C=O) groups is 3. The first-order chi connectivity index (χ1) is 21.6. The molecule has 3 aromatic rings. The maximum Gasteiger partial charge on any atom is 0.312 e. The third-order valence-electron chi connectivity index (χ3n) is 11.5.